The number of hydrogen-bond donors (Lipinski definition) is 1. The highest BCUT2D eigenvalue weighted by molar-refractivity contribution is 5.78. The van der Waals surface area contributed by atoms with Crippen LogP contribution in [-0.4, -0.2) is 32.7 Å². The summed E-state index contributed by atoms with van der Waals surface area (Å²) in [4.78, 5) is 4.65. The monoisotopic (exact) mass is 439 g/mol. The molecule has 0 radical (unpaired) electrons. The molecule has 0 bridgehead atoms. The summed E-state index contributed by atoms with van der Waals surface area (Å²) in [6.07, 6.45) is 0. The lowest BCUT2D eigenvalue weighted by atomic mass is 10.1. The van der Waals surface area contributed by atoms with Gasteiger partial charge in [0.2, 0.25) is 0 Å². The summed E-state index contributed by atoms with van der Waals surface area (Å²) in [5.41, 5.74) is 3.56. The molecular formula is C25H21N5O3. The second-order valence-electron chi connectivity index (χ2n) is 7.33. The van der Waals surface area contributed by atoms with Crippen molar-refractivity contribution < 1.29 is 14.2 Å². The van der Waals surface area contributed by atoms with E-state index in [1.807, 2.05) is 72.8 Å². The number of rotatable bonds is 8. The van der Waals surface area contributed by atoms with Gasteiger partial charge in [-0.3, -0.25) is 0 Å². The highest BCUT2D eigenvalue weighted by Gasteiger charge is 2.11. The number of fused-ring (bicyclic) bond motifs is 1. The first-order valence-corrected chi connectivity index (χ1v) is 10.4. The summed E-state index contributed by atoms with van der Waals surface area (Å²) >= 11 is 0. The Kier molecular flexibility index (Phi) is 5.79. The SMILES string of the molecule is COc1cc(COc2cccc(OCc3ccc4ccccc4n3)c2)ccc1-c1nnn[nH]1. The first kappa shape index (κ1) is 20.4. The van der Waals surface area contributed by atoms with Crippen molar-refractivity contribution in [2.45, 2.75) is 13.2 Å². The number of ether oxygens (including phenoxy) is 3. The first-order valence-electron chi connectivity index (χ1n) is 10.4. The number of aromatic amines is 1. The molecule has 0 aliphatic heterocycles. The number of methoxy groups -OCH3 is 1. The minimum atomic E-state index is 0.376. The molecule has 0 spiro atoms. The fourth-order valence-electron chi connectivity index (χ4n) is 3.46. The van der Waals surface area contributed by atoms with E-state index in [1.165, 1.54) is 0 Å². The maximum absolute atomic E-state index is 5.97. The number of aromatic nitrogens is 5. The van der Waals surface area contributed by atoms with E-state index in [2.05, 4.69) is 31.7 Å². The molecule has 164 valence electrons. The van der Waals surface area contributed by atoms with E-state index in [0.29, 0.717) is 36.3 Å². The first-order chi connectivity index (χ1) is 16.3. The lowest BCUT2D eigenvalue weighted by Gasteiger charge is -2.11. The highest BCUT2D eigenvalue weighted by Crippen LogP contribution is 2.29. The summed E-state index contributed by atoms with van der Waals surface area (Å²) in [6, 6.07) is 25.4. The van der Waals surface area contributed by atoms with Crippen LogP contribution in [0.4, 0.5) is 0 Å². The van der Waals surface area contributed by atoms with Gasteiger partial charge in [0.05, 0.1) is 23.9 Å². The second-order valence-corrected chi connectivity index (χ2v) is 7.33. The third-order valence-corrected chi connectivity index (χ3v) is 5.12. The number of nitrogens with one attached hydrogen (secondary N) is 1. The smallest absolute Gasteiger partial charge is 0.183 e. The van der Waals surface area contributed by atoms with Crippen LogP contribution in [0.25, 0.3) is 22.3 Å². The molecule has 1 N–H and O–H groups in total. The van der Waals surface area contributed by atoms with E-state index in [0.717, 1.165) is 27.7 Å². The molecule has 0 saturated carbocycles. The van der Waals surface area contributed by atoms with Crippen molar-refractivity contribution in [1.82, 2.24) is 25.6 Å². The summed E-state index contributed by atoms with van der Waals surface area (Å²) in [7, 11) is 1.61. The van der Waals surface area contributed by atoms with Crippen LogP contribution in [-0.2, 0) is 13.2 Å². The van der Waals surface area contributed by atoms with E-state index in [9.17, 15) is 0 Å². The molecule has 3 aromatic carbocycles. The van der Waals surface area contributed by atoms with Gasteiger partial charge in [0.25, 0.3) is 0 Å². The van der Waals surface area contributed by atoms with Gasteiger partial charge in [0.1, 0.15) is 30.5 Å². The quantitative estimate of drug-likeness (QED) is 0.378. The van der Waals surface area contributed by atoms with E-state index in [4.69, 9.17) is 14.2 Å². The minimum absolute atomic E-state index is 0.376. The van der Waals surface area contributed by atoms with Gasteiger partial charge >= 0.3 is 0 Å². The predicted octanol–water partition coefficient (Wildman–Crippen LogP) is 4.58. The van der Waals surface area contributed by atoms with Crippen LogP contribution in [0.1, 0.15) is 11.3 Å². The molecule has 8 nitrogen and oxygen atoms in total. The number of para-hydroxylation sites is 1. The van der Waals surface area contributed by atoms with Crippen LogP contribution in [0, 0.1) is 0 Å². The van der Waals surface area contributed by atoms with E-state index in [1.54, 1.807) is 7.11 Å². The van der Waals surface area contributed by atoms with Crippen molar-refractivity contribution in [2.75, 3.05) is 7.11 Å². The molecule has 2 aromatic heterocycles. The Morgan fingerprint density at radius 2 is 1.67 bits per heavy atom. The van der Waals surface area contributed by atoms with E-state index >= 15 is 0 Å². The number of H-pyrrole nitrogens is 1. The van der Waals surface area contributed by atoms with Gasteiger partial charge in [0, 0.05) is 11.5 Å². The molecule has 5 aromatic rings. The Bertz CT molecular complexity index is 1370. The van der Waals surface area contributed by atoms with Crippen LogP contribution < -0.4 is 14.2 Å². The van der Waals surface area contributed by atoms with Gasteiger partial charge in [0.15, 0.2) is 5.82 Å². The lowest BCUT2D eigenvalue weighted by molar-refractivity contribution is 0.287. The largest absolute Gasteiger partial charge is 0.496 e. The van der Waals surface area contributed by atoms with Gasteiger partial charge < -0.3 is 14.2 Å². The zero-order valence-electron chi connectivity index (χ0n) is 17.9. The third kappa shape index (κ3) is 4.74. The molecule has 0 unspecified atom stereocenters. The standard InChI is InChI=1S/C25H21N5O3/c1-31-24-13-17(9-12-22(24)25-27-29-30-28-25)15-32-20-6-4-7-21(14-20)33-16-19-11-10-18-5-2-3-8-23(18)26-19/h2-14H,15-16H2,1H3,(H,27,28,29,30). The van der Waals surface area contributed by atoms with Crippen molar-refractivity contribution in [2.24, 2.45) is 0 Å². The summed E-state index contributed by atoms with van der Waals surface area (Å²) in [5.74, 6) is 2.63. The normalized spacial score (nSPS) is 10.8. The lowest BCUT2D eigenvalue weighted by Crippen LogP contribution is -2.00. The minimum Gasteiger partial charge on any atom is -0.496 e. The van der Waals surface area contributed by atoms with Crippen LogP contribution >= 0.6 is 0 Å². The number of tetrazole rings is 1. The molecule has 0 aliphatic rings. The Morgan fingerprint density at radius 3 is 2.48 bits per heavy atom. The van der Waals surface area contributed by atoms with Crippen molar-refractivity contribution >= 4 is 10.9 Å². The average molecular weight is 439 g/mol. The van der Waals surface area contributed by atoms with Gasteiger partial charge in [-0.2, -0.15) is 0 Å². The second kappa shape index (κ2) is 9.35. The fraction of sp³-hybridized carbons (Fsp3) is 0.120. The molecule has 2 heterocycles. The van der Waals surface area contributed by atoms with Gasteiger partial charge in [-0.05, 0) is 52.4 Å². The number of nitrogens with zero attached hydrogens (tertiary/aromatic N) is 4. The molecule has 5 rings (SSSR count). The van der Waals surface area contributed by atoms with E-state index in [-0.39, 0.29) is 0 Å². The Morgan fingerprint density at radius 1 is 0.818 bits per heavy atom. The van der Waals surface area contributed by atoms with Crippen LogP contribution in [0.3, 0.4) is 0 Å². The molecule has 33 heavy (non-hydrogen) atoms. The maximum Gasteiger partial charge on any atom is 0.183 e. The zero-order valence-corrected chi connectivity index (χ0v) is 17.9. The van der Waals surface area contributed by atoms with Crippen LogP contribution in [0.15, 0.2) is 78.9 Å². The van der Waals surface area contributed by atoms with Crippen molar-refractivity contribution in [3.05, 3.63) is 90.1 Å². The van der Waals surface area contributed by atoms with Crippen molar-refractivity contribution in [3.63, 3.8) is 0 Å². The Labute approximate surface area is 190 Å². The zero-order chi connectivity index (χ0) is 22.5. The summed E-state index contributed by atoms with van der Waals surface area (Å²) in [5, 5.41) is 15.0. The summed E-state index contributed by atoms with van der Waals surface area (Å²) in [6.45, 7) is 0.754. The highest BCUT2D eigenvalue weighted by atomic mass is 16.5. The molecule has 8 heteroatoms. The van der Waals surface area contributed by atoms with Crippen molar-refractivity contribution in [1.29, 1.82) is 0 Å². The Balaban J connectivity index is 1.23. The topological polar surface area (TPSA) is 95.0 Å². The molecule has 0 aliphatic carbocycles. The molecule has 0 saturated heterocycles. The van der Waals surface area contributed by atoms with Crippen LogP contribution in [0.2, 0.25) is 0 Å². The van der Waals surface area contributed by atoms with Crippen LogP contribution in [0.5, 0.6) is 17.2 Å². The van der Waals surface area contributed by atoms with Gasteiger partial charge in [-0.25, -0.2) is 10.1 Å². The third-order valence-electron chi connectivity index (χ3n) is 5.12. The number of benzene rings is 3. The Hall–Kier alpha value is -4.46. The molecular weight excluding hydrogens is 418 g/mol. The van der Waals surface area contributed by atoms with Crippen molar-refractivity contribution in [3.8, 4) is 28.6 Å². The summed E-state index contributed by atoms with van der Waals surface area (Å²) < 4.78 is 17.4. The number of pyridine rings is 1. The molecule has 0 atom stereocenters. The molecule has 0 amide bonds. The van der Waals surface area contributed by atoms with Gasteiger partial charge in [-0.15, -0.1) is 5.10 Å². The van der Waals surface area contributed by atoms with Gasteiger partial charge in [-0.1, -0.05) is 36.4 Å². The fourth-order valence-corrected chi connectivity index (χ4v) is 3.46. The maximum atomic E-state index is 5.97. The number of hydrogen-bond acceptors (Lipinski definition) is 7. The average Bonchev–Trinajstić information content (AvgIpc) is 3.41. The predicted molar refractivity (Wildman–Crippen MR) is 123 cm³/mol. The van der Waals surface area contributed by atoms with E-state index < -0.39 is 0 Å². The molecule has 0 fully saturated rings.